The highest BCUT2D eigenvalue weighted by Crippen LogP contribution is 2.34. The van der Waals surface area contributed by atoms with E-state index in [4.69, 9.17) is 5.73 Å². The van der Waals surface area contributed by atoms with Crippen LogP contribution in [0.5, 0.6) is 0 Å². The van der Waals surface area contributed by atoms with E-state index in [0.29, 0.717) is 24.7 Å². The lowest BCUT2D eigenvalue weighted by Crippen LogP contribution is -2.30. The summed E-state index contributed by atoms with van der Waals surface area (Å²) >= 11 is 0. The lowest BCUT2D eigenvalue weighted by atomic mass is 10.0. The van der Waals surface area contributed by atoms with Gasteiger partial charge in [-0.25, -0.2) is 0 Å². The van der Waals surface area contributed by atoms with E-state index < -0.39 is 16.4 Å². The van der Waals surface area contributed by atoms with E-state index in [-0.39, 0.29) is 6.04 Å². The highest BCUT2D eigenvalue weighted by Gasteiger charge is 2.30. The van der Waals surface area contributed by atoms with Crippen LogP contribution in [0.15, 0.2) is 18.2 Å². The van der Waals surface area contributed by atoms with E-state index in [1.807, 2.05) is 11.8 Å². The van der Waals surface area contributed by atoms with Crippen LogP contribution in [-0.2, 0) is 0 Å². The summed E-state index contributed by atoms with van der Waals surface area (Å²) in [4.78, 5) is 12.1. The zero-order valence-electron chi connectivity index (χ0n) is 10.2. The van der Waals surface area contributed by atoms with Crippen LogP contribution in [0.3, 0.4) is 0 Å². The highest BCUT2D eigenvalue weighted by atomic mass is 19.1. The van der Waals surface area contributed by atoms with Crippen molar-refractivity contribution in [1.82, 2.24) is 0 Å². The second-order valence-electron chi connectivity index (χ2n) is 4.72. The van der Waals surface area contributed by atoms with Gasteiger partial charge >= 0.3 is 5.69 Å². The van der Waals surface area contributed by atoms with Crippen LogP contribution in [0, 0.1) is 21.8 Å². The summed E-state index contributed by atoms with van der Waals surface area (Å²) in [7, 11) is 0. The van der Waals surface area contributed by atoms with Crippen molar-refractivity contribution >= 4 is 11.4 Å². The number of hydrogen-bond donors (Lipinski definition) is 1. The number of nitro benzene ring substituents is 1. The monoisotopic (exact) mass is 253 g/mol. The van der Waals surface area contributed by atoms with Crippen LogP contribution >= 0.6 is 0 Å². The zero-order chi connectivity index (χ0) is 13.3. The fourth-order valence-corrected chi connectivity index (χ4v) is 2.38. The third-order valence-corrected chi connectivity index (χ3v) is 3.46. The topological polar surface area (TPSA) is 72.4 Å². The number of anilines is 1. The molecule has 2 unspecified atom stereocenters. The van der Waals surface area contributed by atoms with E-state index in [9.17, 15) is 14.5 Å². The first-order valence-corrected chi connectivity index (χ1v) is 5.94. The maximum absolute atomic E-state index is 13.5. The summed E-state index contributed by atoms with van der Waals surface area (Å²) in [5.74, 6) is -0.491. The lowest BCUT2D eigenvalue weighted by molar-refractivity contribution is -0.386. The molecule has 2 rings (SSSR count). The molecule has 0 radical (unpaired) electrons. The van der Waals surface area contributed by atoms with Gasteiger partial charge in [0.2, 0.25) is 5.82 Å². The molecule has 6 heteroatoms. The van der Waals surface area contributed by atoms with E-state index in [1.165, 1.54) is 6.07 Å². The van der Waals surface area contributed by atoms with Crippen LogP contribution in [0.25, 0.3) is 0 Å². The zero-order valence-corrected chi connectivity index (χ0v) is 10.2. The predicted molar refractivity (Wildman–Crippen MR) is 67.0 cm³/mol. The van der Waals surface area contributed by atoms with E-state index in [2.05, 4.69) is 0 Å². The van der Waals surface area contributed by atoms with Gasteiger partial charge in [-0.2, -0.15) is 4.39 Å². The van der Waals surface area contributed by atoms with Crippen LogP contribution < -0.4 is 10.6 Å². The van der Waals surface area contributed by atoms with Crippen molar-refractivity contribution in [1.29, 1.82) is 0 Å². The van der Waals surface area contributed by atoms with Gasteiger partial charge < -0.3 is 10.6 Å². The van der Waals surface area contributed by atoms with Crippen molar-refractivity contribution in [2.24, 2.45) is 11.7 Å². The molecule has 1 aliphatic rings. The Morgan fingerprint density at radius 2 is 2.33 bits per heavy atom. The molecule has 0 bridgehead atoms. The van der Waals surface area contributed by atoms with Crippen LogP contribution in [0.1, 0.15) is 13.3 Å². The van der Waals surface area contributed by atoms with Crippen molar-refractivity contribution in [2.75, 3.05) is 18.0 Å². The third-order valence-electron chi connectivity index (χ3n) is 3.46. The van der Waals surface area contributed by atoms with E-state index >= 15 is 0 Å². The van der Waals surface area contributed by atoms with Gasteiger partial charge in [0.1, 0.15) is 5.69 Å². The Labute approximate surface area is 105 Å². The molecule has 2 atom stereocenters. The fourth-order valence-electron chi connectivity index (χ4n) is 2.38. The molecule has 1 aromatic rings. The number of hydrogen-bond acceptors (Lipinski definition) is 4. The number of benzene rings is 1. The molecule has 1 fully saturated rings. The van der Waals surface area contributed by atoms with Gasteiger partial charge in [0, 0.05) is 19.1 Å². The van der Waals surface area contributed by atoms with Crippen LogP contribution in [0.2, 0.25) is 0 Å². The second-order valence-corrected chi connectivity index (χ2v) is 4.72. The number of nitrogens with zero attached hydrogens (tertiary/aromatic N) is 2. The fraction of sp³-hybridized carbons (Fsp3) is 0.500. The van der Waals surface area contributed by atoms with Crippen LogP contribution in [-0.4, -0.2) is 24.1 Å². The molecule has 2 N–H and O–H groups in total. The molecule has 0 saturated carbocycles. The Bertz CT molecular complexity index is 465. The first-order chi connectivity index (χ1) is 8.50. The Morgan fingerprint density at radius 1 is 1.61 bits per heavy atom. The lowest BCUT2D eigenvalue weighted by Gasteiger charge is -2.19. The normalized spacial score (nSPS) is 21.1. The molecule has 1 aliphatic heterocycles. The van der Waals surface area contributed by atoms with Gasteiger partial charge in [-0.05, 0) is 31.4 Å². The van der Waals surface area contributed by atoms with Crippen molar-refractivity contribution < 1.29 is 9.31 Å². The standard InChI is InChI=1S/C12H16FN3O2/c1-8(14)9-5-6-15(7-9)11-4-2-3-10(13)12(11)16(17)18/h2-4,8-9H,5-7,14H2,1H3. The molecule has 18 heavy (non-hydrogen) atoms. The molecule has 0 spiro atoms. The van der Waals surface area contributed by atoms with Crippen molar-refractivity contribution in [3.63, 3.8) is 0 Å². The summed E-state index contributed by atoms with van der Waals surface area (Å²) in [5, 5.41) is 10.9. The molecule has 5 nitrogen and oxygen atoms in total. The Hall–Kier alpha value is -1.69. The van der Waals surface area contributed by atoms with E-state index in [0.717, 1.165) is 12.5 Å². The third kappa shape index (κ3) is 2.28. The summed E-state index contributed by atoms with van der Waals surface area (Å²) in [6.45, 7) is 3.24. The van der Waals surface area contributed by atoms with Crippen molar-refractivity contribution in [2.45, 2.75) is 19.4 Å². The number of halogens is 1. The predicted octanol–water partition coefficient (Wildman–Crippen LogP) is 1.91. The van der Waals surface area contributed by atoms with Gasteiger partial charge in [0.05, 0.1) is 4.92 Å². The summed E-state index contributed by atoms with van der Waals surface area (Å²) < 4.78 is 13.5. The summed E-state index contributed by atoms with van der Waals surface area (Å²) in [5.41, 5.74) is 5.74. The van der Waals surface area contributed by atoms with Crippen molar-refractivity contribution in [3.05, 3.63) is 34.1 Å². The average molecular weight is 253 g/mol. The van der Waals surface area contributed by atoms with Gasteiger partial charge in [0.15, 0.2) is 0 Å². The number of para-hydroxylation sites is 1. The minimum atomic E-state index is -0.790. The molecular weight excluding hydrogens is 237 g/mol. The first kappa shape index (κ1) is 12.8. The number of nitro groups is 1. The Kier molecular flexibility index (Phi) is 3.47. The van der Waals surface area contributed by atoms with Gasteiger partial charge in [-0.3, -0.25) is 10.1 Å². The number of nitrogens with two attached hydrogens (primary N) is 1. The minimum Gasteiger partial charge on any atom is -0.366 e. The SMILES string of the molecule is CC(N)C1CCN(c2cccc(F)c2[N+](=O)[O-])C1. The maximum Gasteiger partial charge on any atom is 0.327 e. The molecule has 0 aromatic heterocycles. The largest absolute Gasteiger partial charge is 0.366 e. The molecule has 1 aromatic carbocycles. The first-order valence-electron chi connectivity index (χ1n) is 5.94. The summed E-state index contributed by atoms with van der Waals surface area (Å²) in [6, 6.07) is 4.24. The van der Waals surface area contributed by atoms with Gasteiger partial charge in [-0.1, -0.05) is 6.07 Å². The quantitative estimate of drug-likeness (QED) is 0.659. The Morgan fingerprint density at radius 3 is 2.89 bits per heavy atom. The average Bonchev–Trinajstić information content (AvgIpc) is 2.77. The Balaban J connectivity index is 2.30. The molecule has 1 saturated heterocycles. The van der Waals surface area contributed by atoms with Gasteiger partial charge in [-0.15, -0.1) is 0 Å². The van der Waals surface area contributed by atoms with E-state index in [1.54, 1.807) is 6.07 Å². The number of rotatable bonds is 3. The smallest absolute Gasteiger partial charge is 0.327 e. The molecule has 0 amide bonds. The molecule has 98 valence electrons. The van der Waals surface area contributed by atoms with Crippen molar-refractivity contribution in [3.8, 4) is 0 Å². The second kappa shape index (κ2) is 4.89. The highest BCUT2D eigenvalue weighted by molar-refractivity contribution is 5.64. The van der Waals surface area contributed by atoms with Gasteiger partial charge in [0.25, 0.3) is 0 Å². The maximum atomic E-state index is 13.5. The molecular formula is C12H16FN3O2. The molecule has 1 heterocycles. The molecule has 0 aliphatic carbocycles. The van der Waals surface area contributed by atoms with Crippen LogP contribution in [0.4, 0.5) is 15.8 Å². The summed E-state index contributed by atoms with van der Waals surface area (Å²) in [6.07, 6.45) is 0.880. The minimum absolute atomic E-state index is 0.0441.